The van der Waals surface area contributed by atoms with Crippen molar-refractivity contribution in [1.82, 2.24) is 0 Å². The maximum atomic E-state index is 12.8. The molecule has 3 aromatic rings. The van der Waals surface area contributed by atoms with Gasteiger partial charge in [-0.3, -0.25) is 9.10 Å². The molecule has 0 atom stereocenters. The predicted molar refractivity (Wildman–Crippen MR) is 119 cm³/mol. The van der Waals surface area contributed by atoms with Gasteiger partial charge in [0.05, 0.1) is 21.7 Å². The number of nitrogens with one attached hydrogen (secondary N) is 1. The average Bonchev–Trinajstić information content (AvgIpc) is 2.82. The summed E-state index contributed by atoms with van der Waals surface area (Å²) in [7, 11) is -2.46. The van der Waals surface area contributed by atoms with E-state index in [9.17, 15) is 31.2 Å². The lowest BCUT2D eigenvalue weighted by molar-refractivity contribution is -0.137. The average molecular weight is 492 g/mol. The van der Waals surface area contributed by atoms with E-state index in [2.05, 4.69) is 5.32 Å². The van der Waals surface area contributed by atoms with Crippen LogP contribution in [0.5, 0.6) is 0 Å². The van der Waals surface area contributed by atoms with Crippen LogP contribution in [0.4, 0.5) is 24.5 Å². The van der Waals surface area contributed by atoms with E-state index >= 15 is 0 Å². The summed E-state index contributed by atoms with van der Waals surface area (Å²) in [6.07, 6.45) is -4.50. The Morgan fingerprint density at radius 2 is 1.50 bits per heavy atom. The number of rotatable bonds is 7. The Balaban J connectivity index is 1.58. The second-order valence-electron chi connectivity index (χ2n) is 7.03. The summed E-state index contributed by atoms with van der Waals surface area (Å²) in [5, 5.41) is 2.32. The number of esters is 1. The van der Waals surface area contributed by atoms with Crippen LogP contribution in [0.3, 0.4) is 0 Å². The molecule has 0 aromatic heterocycles. The fraction of sp³-hybridized carbons (Fsp3) is 0.130. The van der Waals surface area contributed by atoms with Crippen molar-refractivity contribution in [2.75, 3.05) is 23.3 Å². The number of amides is 1. The molecule has 0 spiro atoms. The van der Waals surface area contributed by atoms with Crippen LogP contribution in [0, 0.1) is 0 Å². The second kappa shape index (κ2) is 9.96. The summed E-state index contributed by atoms with van der Waals surface area (Å²) in [6.45, 7) is -0.684. The molecule has 0 bridgehead atoms. The Bertz CT molecular complexity index is 1260. The van der Waals surface area contributed by atoms with Crippen molar-refractivity contribution in [3.05, 3.63) is 90.0 Å². The molecule has 1 amide bonds. The van der Waals surface area contributed by atoms with Gasteiger partial charge < -0.3 is 10.1 Å². The Labute approximate surface area is 193 Å². The molecule has 0 aliphatic rings. The molecule has 0 aliphatic carbocycles. The largest absolute Gasteiger partial charge is 0.452 e. The third kappa shape index (κ3) is 5.93. The molecule has 0 aliphatic heterocycles. The SMILES string of the molecule is CN(c1ccccc1)S(=O)(=O)c1ccc(C(=O)OCC(=O)Nc2ccc(C(F)(F)F)cc2)cc1. The van der Waals surface area contributed by atoms with Crippen molar-refractivity contribution < 1.29 is 35.9 Å². The molecule has 3 rings (SSSR count). The zero-order chi connectivity index (χ0) is 24.9. The second-order valence-corrected chi connectivity index (χ2v) is 9.00. The molecule has 11 heteroatoms. The minimum Gasteiger partial charge on any atom is -0.452 e. The summed E-state index contributed by atoms with van der Waals surface area (Å²) in [4.78, 5) is 24.1. The molecule has 34 heavy (non-hydrogen) atoms. The van der Waals surface area contributed by atoms with Gasteiger partial charge in [-0.15, -0.1) is 0 Å². The van der Waals surface area contributed by atoms with Gasteiger partial charge in [-0.1, -0.05) is 18.2 Å². The van der Waals surface area contributed by atoms with E-state index < -0.39 is 40.2 Å². The zero-order valence-corrected chi connectivity index (χ0v) is 18.6. The normalized spacial score (nSPS) is 11.5. The van der Waals surface area contributed by atoms with Crippen molar-refractivity contribution in [3.8, 4) is 0 Å². The standard InChI is InChI=1S/C23H19F3N2O5S/c1-28(19-5-3-2-4-6-19)34(31,32)20-13-7-16(8-14-20)22(30)33-15-21(29)27-18-11-9-17(10-12-18)23(24,25)26/h2-14H,15H2,1H3,(H,27,29). The Kier molecular flexibility index (Phi) is 7.26. The van der Waals surface area contributed by atoms with Crippen LogP contribution in [0.2, 0.25) is 0 Å². The highest BCUT2D eigenvalue weighted by Crippen LogP contribution is 2.29. The number of ether oxygens (including phenoxy) is 1. The maximum absolute atomic E-state index is 12.8. The van der Waals surface area contributed by atoms with E-state index in [1.165, 1.54) is 31.3 Å². The highest BCUT2D eigenvalue weighted by molar-refractivity contribution is 7.92. The van der Waals surface area contributed by atoms with Crippen molar-refractivity contribution in [2.45, 2.75) is 11.1 Å². The minimum absolute atomic E-state index is 0.0173. The summed E-state index contributed by atoms with van der Waals surface area (Å²) in [5.74, 6) is -1.63. The third-order valence-electron chi connectivity index (χ3n) is 4.70. The van der Waals surface area contributed by atoms with Crippen LogP contribution < -0.4 is 9.62 Å². The maximum Gasteiger partial charge on any atom is 0.416 e. The number of hydrogen-bond donors (Lipinski definition) is 1. The van der Waals surface area contributed by atoms with Gasteiger partial charge in [0.25, 0.3) is 15.9 Å². The van der Waals surface area contributed by atoms with Crippen molar-refractivity contribution in [3.63, 3.8) is 0 Å². The van der Waals surface area contributed by atoms with Gasteiger partial charge in [0.1, 0.15) is 0 Å². The molecule has 7 nitrogen and oxygen atoms in total. The molecule has 0 heterocycles. The van der Waals surface area contributed by atoms with Crippen LogP contribution in [0.1, 0.15) is 15.9 Å². The number of anilines is 2. The van der Waals surface area contributed by atoms with Gasteiger partial charge >= 0.3 is 12.1 Å². The zero-order valence-electron chi connectivity index (χ0n) is 17.7. The van der Waals surface area contributed by atoms with Crippen molar-refractivity contribution >= 4 is 33.3 Å². The molecule has 0 radical (unpaired) electrons. The van der Waals surface area contributed by atoms with Crippen LogP contribution in [-0.4, -0.2) is 33.9 Å². The number of carbonyl (C=O) groups is 2. The molecule has 0 saturated heterocycles. The molecule has 1 N–H and O–H groups in total. The number of nitrogens with zero attached hydrogens (tertiary/aromatic N) is 1. The number of para-hydroxylation sites is 1. The number of hydrogen-bond acceptors (Lipinski definition) is 5. The molecular weight excluding hydrogens is 473 g/mol. The van der Waals surface area contributed by atoms with E-state index in [0.29, 0.717) is 5.69 Å². The van der Waals surface area contributed by atoms with E-state index in [1.807, 2.05) is 0 Å². The van der Waals surface area contributed by atoms with E-state index in [0.717, 1.165) is 28.6 Å². The van der Waals surface area contributed by atoms with Crippen LogP contribution in [-0.2, 0) is 25.7 Å². The number of sulfonamides is 1. The van der Waals surface area contributed by atoms with Gasteiger partial charge in [-0.2, -0.15) is 13.2 Å². The van der Waals surface area contributed by atoms with E-state index in [-0.39, 0.29) is 16.1 Å². The Morgan fingerprint density at radius 1 is 0.912 bits per heavy atom. The molecule has 0 unspecified atom stereocenters. The molecule has 3 aromatic carbocycles. The third-order valence-corrected chi connectivity index (χ3v) is 6.50. The number of benzene rings is 3. The number of alkyl halides is 3. The first-order valence-electron chi connectivity index (χ1n) is 9.77. The van der Waals surface area contributed by atoms with E-state index in [4.69, 9.17) is 4.74 Å². The fourth-order valence-corrected chi connectivity index (χ4v) is 4.05. The minimum atomic E-state index is -4.50. The lowest BCUT2D eigenvalue weighted by Gasteiger charge is -2.19. The number of halogens is 3. The highest BCUT2D eigenvalue weighted by Gasteiger charge is 2.30. The lowest BCUT2D eigenvalue weighted by atomic mass is 10.2. The monoisotopic (exact) mass is 492 g/mol. The van der Waals surface area contributed by atoms with Gasteiger partial charge in [0.15, 0.2) is 6.61 Å². The van der Waals surface area contributed by atoms with Crippen molar-refractivity contribution in [1.29, 1.82) is 0 Å². The summed E-state index contributed by atoms with van der Waals surface area (Å²) in [5.41, 5.74) is -0.280. The van der Waals surface area contributed by atoms with Crippen LogP contribution >= 0.6 is 0 Å². The Hall–Kier alpha value is -3.86. The van der Waals surface area contributed by atoms with Crippen LogP contribution in [0.25, 0.3) is 0 Å². The van der Waals surface area contributed by atoms with Gasteiger partial charge in [0.2, 0.25) is 0 Å². The number of carbonyl (C=O) groups excluding carboxylic acids is 2. The smallest absolute Gasteiger partial charge is 0.416 e. The first kappa shape index (κ1) is 24.8. The fourth-order valence-electron chi connectivity index (χ4n) is 2.85. The van der Waals surface area contributed by atoms with Crippen molar-refractivity contribution in [2.24, 2.45) is 0 Å². The lowest BCUT2D eigenvalue weighted by Crippen LogP contribution is -2.26. The highest BCUT2D eigenvalue weighted by atomic mass is 32.2. The van der Waals surface area contributed by atoms with Gasteiger partial charge in [-0.05, 0) is 60.7 Å². The van der Waals surface area contributed by atoms with Gasteiger partial charge in [-0.25, -0.2) is 13.2 Å². The van der Waals surface area contributed by atoms with Gasteiger partial charge in [0, 0.05) is 12.7 Å². The van der Waals surface area contributed by atoms with E-state index in [1.54, 1.807) is 30.3 Å². The molecule has 0 saturated carbocycles. The summed E-state index contributed by atoms with van der Waals surface area (Å²) < 4.78 is 69.3. The molecule has 0 fully saturated rings. The molecule has 178 valence electrons. The summed E-state index contributed by atoms with van der Waals surface area (Å²) >= 11 is 0. The first-order valence-corrected chi connectivity index (χ1v) is 11.2. The topological polar surface area (TPSA) is 92.8 Å². The predicted octanol–water partition coefficient (Wildman–Crippen LogP) is 4.33. The molecular formula is C23H19F3N2O5S. The van der Waals surface area contributed by atoms with Crippen LogP contribution in [0.15, 0.2) is 83.8 Å². The first-order chi connectivity index (χ1) is 16.0. The quantitative estimate of drug-likeness (QED) is 0.496. The Morgan fingerprint density at radius 3 is 2.06 bits per heavy atom. The summed E-state index contributed by atoms with van der Waals surface area (Å²) in [6, 6.07) is 17.2.